The van der Waals surface area contributed by atoms with E-state index < -0.39 is 76.3 Å². The van der Waals surface area contributed by atoms with Crippen molar-refractivity contribution in [1.82, 2.24) is 0 Å². The molecule has 0 aromatic heterocycles. The van der Waals surface area contributed by atoms with Crippen molar-refractivity contribution in [2.75, 3.05) is 0 Å². The average molecular weight is 490 g/mol. The highest BCUT2D eigenvalue weighted by Gasteiger charge is 2.83. The van der Waals surface area contributed by atoms with Gasteiger partial charge in [-0.25, -0.2) is 13.6 Å². The Labute approximate surface area is 158 Å². The van der Waals surface area contributed by atoms with Crippen molar-refractivity contribution < 1.29 is 80.5 Å². The summed E-state index contributed by atoms with van der Waals surface area (Å²) in [5, 5.41) is 8.35. The monoisotopic (exact) mass is 490 g/mol. The molecular formula is C13HF15O3. The lowest BCUT2D eigenvalue weighted by Gasteiger charge is -2.32. The standard InChI is InChI=1S/C13HF15O3/c14-2-1(9(29)30)3(15)5(17)6(4(2)16)31-8(19)7(18)10(20,21)11(22,23)12(24,25)13(26,27)28/h(H,29,30). The van der Waals surface area contributed by atoms with Crippen LogP contribution < -0.4 is 4.74 Å². The lowest BCUT2D eigenvalue weighted by atomic mass is 10.0. The van der Waals surface area contributed by atoms with Crippen molar-refractivity contribution in [3.8, 4) is 5.75 Å². The van der Waals surface area contributed by atoms with E-state index in [1.54, 1.807) is 0 Å². The fourth-order valence-electron chi connectivity index (χ4n) is 1.66. The minimum atomic E-state index is -7.76. The number of allylic oxidation sites excluding steroid dienone is 1. The molecule has 176 valence electrons. The van der Waals surface area contributed by atoms with Crippen LogP contribution in [0.4, 0.5) is 65.9 Å². The van der Waals surface area contributed by atoms with Gasteiger partial charge in [0, 0.05) is 0 Å². The van der Waals surface area contributed by atoms with Gasteiger partial charge in [0.1, 0.15) is 5.56 Å². The summed E-state index contributed by atoms with van der Waals surface area (Å²) in [6.07, 6.45) is -7.44. The van der Waals surface area contributed by atoms with Gasteiger partial charge in [-0.15, -0.1) is 0 Å². The molecule has 0 unspecified atom stereocenters. The van der Waals surface area contributed by atoms with Crippen LogP contribution in [0.3, 0.4) is 0 Å². The van der Waals surface area contributed by atoms with Gasteiger partial charge in [0.05, 0.1) is 0 Å². The Morgan fingerprint density at radius 1 is 0.710 bits per heavy atom. The molecule has 0 aliphatic rings. The van der Waals surface area contributed by atoms with Crippen LogP contribution in [0.25, 0.3) is 0 Å². The second-order valence-electron chi connectivity index (χ2n) is 5.18. The van der Waals surface area contributed by atoms with E-state index in [0.29, 0.717) is 0 Å². The van der Waals surface area contributed by atoms with Crippen LogP contribution in [0, 0.1) is 23.3 Å². The lowest BCUT2D eigenvalue weighted by molar-refractivity contribution is -0.392. The van der Waals surface area contributed by atoms with Gasteiger partial charge in [-0.3, -0.25) is 0 Å². The van der Waals surface area contributed by atoms with Crippen LogP contribution in [0.15, 0.2) is 11.8 Å². The number of benzene rings is 1. The molecule has 1 aromatic carbocycles. The molecule has 1 rings (SSSR count). The van der Waals surface area contributed by atoms with E-state index in [2.05, 4.69) is 4.74 Å². The first-order valence-electron chi connectivity index (χ1n) is 6.67. The van der Waals surface area contributed by atoms with Gasteiger partial charge in [-0.05, 0) is 0 Å². The Hall–Kier alpha value is -2.82. The van der Waals surface area contributed by atoms with Gasteiger partial charge in [-0.2, -0.15) is 57.1 Å². The number of carbonyl (C=O) groups is 1. The van der Waals surface area contributed by atoms with Crippen LogP contribution in [0.5, 0.6) is 5.75 Å². The number of hydrogen-bond donors (Lipinski definition) is 1. The number of halogens is 15. The molecule has 0 atom stereocenters. The SMILES string of the molecule is O=C(O)c1c(F)c(F)c(OC(F)=C(F)C(F)(F)C(F)(F)C(F)(F)C(F)(F)F)c(F)c1F. The second-order valence-corrected chi connectivity index (χ2v) is 5.18. The Balaban J connectivity index is 3.61. The molecule has 1 aromatic rings. The van der Waals surface area contributed by atoms with Crippen LogP contribution >= 0.6 is 0 Å². The zero-order chi connectivity index (χ0) is 24.9. The Kier molecular flexibility index (Phi) is 6.51. The molecule has 0 radical (unpaired) electrons. The van der Waals surface area contributed by atoms with Crippen LogP contribution in [0.1, 0.15) is 10.4 Å². The van der Waals surface area contributed by atoms with Gasteiger partial charge < -0.3 is 9.84 Å². The van der Waals surface area contributed by atoms with E-state index >= 15 is 0 Å². The molecule has 0 amide bonds. The summed E-state index contributed by atoms with van der Waals surface area (Å²) in [6.45, 7) is 0. The molecule has 18 heteroatoms. The highest BCUT2D eigenvalue weighted by atomic mass is 19.4. The molecule has 31 heavy (non-hydrogen) atoms. The number of aromatic carboxylic acids is 1. The lowest BCUT2D eigenvalue weighted by Crippen LogP contribution is -2.61. The van der Waals surface area contributed by atoms with Crippen molar-refractivity contribution in [3.05, 3.63) is 40.7 Å². The summed E-state index contributed by atoms with van der Waals surface area (Å²) >= 11 is 0. The summed E-state index contributed by atoms with van der Waals surface area (Å²) in [4.78, 5) is 10.5. The molecule has 3 nitrogen and oxygen atoms in total. The molecule has 1 N–H and O–H groups in total. The zero-order valence-corrected chi connectivity index (χ0v) is 13.4. The topological polar surface area (TPSA) is 46.5 Å². The van der Waals surface area contributed by atoms with Crippen LogP contribution in [-0.2, 0) is 0 Å². The van der Waals surface area contributed by atoms with Crippen molar-refractivity contribution >= 4 is 5.97 Å². The van der Waals surface area contributed by atoms with Crippen molar-refractivity contribution in [2.24, 2.45) is 0 Å². The molecule has 0 spiro atoms. The Morgan fingerprint density at radius 3 is 1.42 bits per heavy atom. The van der Waals surface area contributed by atoms with Gasteiger partial charge in [-0.1, -0.05) is 0 Å². The summed E-state index contributed by atoms with van der Waals surface area (Å²) in [7, 11) is 0. The third-order valence-corrected chi connectivity index (χ3v) is 3.22. The summed E-state index contributed by atoms with van der Waals surface area (Å²) in [5.74, 6) is -45.0. The molecule has 0 aliphatic heterocycles. The van der Waals surface area contributed by atoms with Gasteiger partial charge in [0.2, 0.25) is 23.2 Å². The highest BCUT2D eigenvalue weighted by Crippen LogP contribution is 2.55. The van der Waals surface area contributed by atoms with E-state index in [0.717, 1.165) is 0 Å². The highest BCUT2D eigenvalue weighted by molar-refractivity contribution is 5.88. The molecule has 0 heterocycles. The maximum absolute atomic E-state index is 13.5. The molecule has 0 bridgehead atoms. The number of ether oxygens (including phenoxy) is 1. The third kappa shape index (κ3) is 3.93. The van der Waals surface area contributed by atoms with Crippen molar-refractivity contribution in [3.63, 3.8) is 0 Å². The minimum absolute atomic E-state index is 2.41. The largest absolute Gasteiger partial charge is 0.477 e. The molecule has 0 saturated carbocycles. The number of carboxylic acids is 1. The maximum Gasteiger partial charge on any atom is 0.460 e. The third-order valence-electron chi connectivity index (χ3n) is 3.22. The molecular weight excluding hydrogens is 489 g/mol. The minimum Gasteiger partial charge on any atom is -0.477 e. The first-order valence-corrected chi connectivity index (χ1v) is 6.67. The molecule has 0 fully saturated rings. The first kappa shape index (κ1) is 26.2. The fourth-order valence-corrected chi connectivity index (χ4v) is 1.66. The Bertz CT molecular complexity index is 902. The first-order chi connectivity index (χ1) is 13.6. The van der Waals surface area contributed by atoms with Crippen molar-refractivity contribution in [2.45, 2.75) is 23.9 Å². The van der Waals surface area contributed by atoms with E-state index in [-0.39, 0.29) is 0 Å². The van der Waals surface area contributed by atoms with Gasteiger partial charge >= 0.3 is 35.9 Å². The summed E-state index contributed by atoms with van der Waals surface area (Å²) in [5.41, 5.74) is -2.41. The van der Waals surface area contributed by atoms with E-state index in [1.165, 1.54) is 0 Å². The summed E-state index contributed by atoms with van der Waals surface area (Å²) in [6, 6.07) is -4.03. The van der Waals surface area contributed by atoms with Gasteiger partial charge in [0.15, 0.2) is 11.6 Å². The predicted octanol–water partition coefficient (Wildman–Crippen LogP) is 5.90. The number of hydrogen-bond acceptors (Lipinski definition) is 2. The average Bonchev–Trinajstić information content (AvgIpc) is 2.61. The Morgan fingerprint density at radius 2 is 1.10 bits per heavy atom. The zero-order valence-electron chi connectivity index (χ0n) is 13.4. The number of alkyl halides is 9. The predicted molar refractivity (Wildman–Crippen MR) is 64.0 cm³/mol. The normalized spacial score (nSPS) is 14.4. The van der Waals surface area contributed by atoms with E-state index in [1.807, 2.05) is 0 Å². The quantitative estimate of drug-likeness (QED) is 0.307. The summed E-state index contributed by atoms with van der Waals surface area (Å²) < 4.78 is 197. The fraction of sp³-hybridized carbons (Fsp3) is 0.308. The molecule has 0 aliphatic carbocycles. The van der Waals surface area contributed by atoms with Crippen molar-refractivity contribution in [1.29, 1.82) is 0 Å². The molecule has 0 saturated heterocycles. The van der Waals surface area contributed by atoms with Crippen LogP contribution in [-0.4, -0.2) is 35.0 Å². The van der Waals surface area contributed by atoms with Crippen LogP contribution in [0.2, 0.25) is 0 Å². The second kappa shape index (κ2) is 7.70. The van der Waals surface area contributed by atoms with Gasteiger partial charge in [0.25, 0.3) is 0 Å². The number of carboxylic acid groups (broad SMARTS) is 1. The smallest absolute Gasteiger partial charge is 0.460 e. The number of rotatable bonds is 6. The van der Waals surface area contributed by atoms with E-state index in [9.17, 15) is 70.7 Å². The van der Waals surface area contributed by atoms with E-state index in [4.69, 9.17) is 5.11 Å². The maximum atomic E-state index is 13.5.